The number of hydrogen-bond acceptors (Lipinski definition) is 3. The van der Waals surface area contributed by atoms with Gasteiger partial charge in [0.25, 0.3) is 5.60 Å². The van der Waals surface area contributed by atoms with Crippen LogP contribution in [-0.4, -0.2) is 16.2 Å². The topological polar surface area (TPSA) is 81.3 Å². The first-order valence-corrected chi connectivity index (χ1v) is 3.54. The van der Waals surface area contributed by atoms with E-state index in [1.807, 2.05) is 0 Å². The summed E-state index contributed by atoms with van der Waals surface area (Å²) in [6, 6.07) is 8.90. The standard InChI is InChI=1S/C9H7NO3/c10-6-9(13,8(11)12)7-4-2-1-3-5-7/h1-5,13H,(H,11,12). The molecule has 0 aliphatic heterocycles. The lowest BCUT2D eigenvalue weighted by Gasteiger charge is -2.14. The molecular formula is C9H7NO3. The number of carbonyl (C=O) groups is 1. The summed E-state index contributed by atoms with van der Waals surface area (Å²) in [6.07, 6.45) is 0. The lowest BCUT2D eigenvalue weighted by atomic mass is 9.96. The number of aliphatic hydroxyl groups is 1. The Balaban J connectivity index is 3.21. The molecule has 0 aromatic heterocycles. The second-order valence-electron chi connectivity index (χ2n) is 2.49. The third-order valence-electron chi connectivity index (χ3n) is 1.66. The third-order valence-corrected chi connectivity index (χ3v) is 1.66. The number of benzene rings is 1. The van der Waals surface area contributed by atoms with E-state index in [1.165, 1.54) is 18.2 Å². The van der Waals surface area contributed by atoms with Crippen LogP contribution < -0.4 is 0 Å². The summed E-state index contributed by atoms with van der Waals surface area (Å²) < 4.78 is 0. The van der Waals surface area contributed by atoms with Gasteiger partial charge in [0.1, 0.15) is 6.07 Å². The van der Waals surface area contributed by atoms with Gasteiger partial charge in [0.15, 0.2) is 0 Å². The molecule has 0 fully saturated rings. The fraction of sp³-hybridized carbons (Fsp3) is 0.111. The van der Waals surface area contributed by atoms with Crippen molar-refractivity contribution < 1.29 is 15.0 Å². The van der Waals surface area contributed by atoms with Crippen LogP contribution in [0.3, 0.4) is 0 Å². The predicted octanol–water partition coefficient (Wildman–Crippen LogP) is 0.482. The Hall–Kier alpha value is -1.86. The Morgan fingerprint density at radius 3 is 2.31 bits per heavy atom. The zero-order valence-corrected chi connectivity index (χ0v) is 6.64. The molecule has 0 aliphatic rings. The second kappa shape index (κ2) is 3.25. The van der Waals surface area contributed by atoms with Crippen LogP contribution in [0.25, 0.3) is 0 Å². The van der Waals surface area contributed by atoms with Gasteiger partial charge in [-0.15, -0.1) is 0 Å². The lowest BCUT2D eigenvalue weighted by Crippen LogP contribution is -2.33. The van der Waals surface area contributed by atoms with Gasteiger partial charge in [-0.2, -0.15) is 5.26 Å². The molecule has 4 nitrogen and oxygen atoms in total. The van der Waals surface area contributed by atoms with Crippen LogP contribution in [-0.2, 0) is 10.4 Å². The summed E-state index contributed by atoms with van der Waals surface area (Å²) >= 11 is 0. The van der Waals surface area contributed by atoms with Crippen molar-refractivity contribution in [2.45, 2.75) is 5.60 Å². The smallest absolute Gasteiger partial charge is 0.355 e. The average molecular weight is 177 g/mol. The van der Waals surface area contributed by atoms with E-state index in [-0.39, 0.29) is 5.56 Å². The summed E-state index contributed by atoms with van der Waals surface area (Å²) in [4.78, 5) is 10.6. The Morgan fingerprint density at radius 2 is 1.92 bits per heavy atom. The zero-order valence-electron chi connectivity index (χ0n) is 6.64. The van der Waals surface area contributed by atoms with E-state index >= 15 is 0 Å². The van der Waals surface area contributed by atoms with Gasteiger partial charge in [0.05, 0.1) is 0 Å². The van der Waals surface area contributed by atoms with Crippen LogP contribution in [0.5, 0.6) is 0 Å². The van der Waals surface area contributed by atoms with Gasteiger partial charge >= 0.3 is 5.97 Å². The van der Waals surface area contributed by atoms with Gasteiger partial charge in [-0.25, -0.2) is 4.79 Å². The first kappa shape index (κ1) is 9.23. The third kappa shape index (κ3) is 1.50. The van der Waals surface area contributed by atoms with E-state index in [1.54, 1.807) is 18.2 Å². The first-order valence-electron chi connectivity index (χ1n) is 3.54. The SMILES string of the molecule is N#CC(O)(C(=O)O)c1ccccc1. The van der Waals surface area contributed by atoms with Crippen molar-refractivity contribution in [3.8, 4) is 6.07 Å². The van der Waals surface area contributed by atoms with Crippen molar-refractivity contribution in [2.24, 2.45) is 0 Å². The maximum Gasteiger partial charge on any atom is 0.355 e. The molecule has 0 amide bonds. The van der Waals surface area contributed by atoms with Crippen LogP contribution in [0.15, 0.2) is 30.3 Å². The molecule has 1 aromatic carbocycles. The molecule has 1 atom stereocenters. The molecule has 4 heteroatoms. The van der Waals surface area contributed by atoms with Gasteiger partial charge in [-0.05, 0) is 0 Å². The quantitative estimate of drug-likeness (QED) is 0.644. The summed E-state index contributed by atoms with van der Waals surface area (Å²) in [6.45, 7) is 0. The largest absolute Gasteiger partial charge is 0.478 e. The monoisotopic (exact) mass is 177 g/mol. The summed E-state index contributed by atoms with van der Waals surface area (Å²) in [5, 5.41) is 26.5. The molecule has 0 spiro atoms. The van der Waals surface area contributed by atoms with Crippen LogP contribution in [0, 0.1) is 11.3 Å². The Labute approximate surface area is 74.7 Å². The van der Waals surface area contributed by atoms with E-state index in [0.29, 0.717) is 0 Å². The normalized spacial score (nSPS) is 14.2. The zero-order chi connectivity index (χ0) is 9.90. The summed E-state index contributed by atoms with van der Waals surface area (Å²) in [5.74, 6) is -1.57. The van der Waals surface area contributed by atoms with Crippen molar-refractivity contribution in [3.05, 3.63) is 35.9 Å². The van der Waals surface area contributed by atoms with Gasteiger partial charge in [-0.3, -0.25) is 0 Å². The van der Waals surface area contributed by atoms with E-state index in [0.717, 1.165) is 0 Å². The molecule has 1 rings (SSSR count). The minimum atomic E-state index is -2.44. The molecule has 0 radical (unpaired) electrons. The number of nitrogens with zero attached hydrogens (tertiary/aromatic N) is 1. The molecule has 0 heterocycles. The van der Waals surface area contributed by atoms with Crippen molar-refractivity contribution in [2.75, 3.05) is 0 Å². The van der Waals surface area contributed by atoms with Crippen molar-refractivity contribution in [1.82, 2.24) is 0 Å². The molecule has 66 valence electrons. The number of rotatable bonds is 2. The maximum absolute atomic E-state index is 10.6. The minimum Gasteiger partial charge on any atom is -0.478 e. The highest BCUT2D eigenvalue weighted by molar-refractivity contribution is 5.82. The van der Waals surface area contributed by atoms with Crippen LogP contribution in [0.1, 0.15) is 5.56 Å². The maximum atomic E-state index is 10.6. The van der Waals surface area contributed by atoms with Gasteiger partial charge in [-0.1, -0.05) is 30.3 Å². The molecule has 0 saturated heterocycles. The average Bonchev–Trinajstić information content (AvgIpc) is 2.17. The fourth-order valence-corrected chi connectivity index (χ4v) is 0.915. The molecule has 1 unspecified atom stereocenters. The minimum absolute atomic E-state index is 0.0602. The summed E-state index contributed by atoms with van der Waals surface area (Å²) in [7, 11) is 0. The van der Waals surface area contributed by atoms with Gasteiger partial charge in [0.2, 0.25) is 0 Å². The fourth-order valence-electron chi connectivity index (χ4n) is 0.915. The molecule has 1 aromatic rings. The number of hydrogen-bond donors (Lipinski definition) is 2. The predicted molar refractivity (Wildman–Crippen MR) is 43.6 cm³/mol. The highest BCUT2D eigenvalue weighted by Crippen LogP contribution is 2.19. The number of carboxylic acid groups (broad SMARTS) is 1. The molecule has 13 heavy (non-hydrogen) atoms. The van der Waals surface area contributed by atoms with Crippen LogP contribution >= 0.6 is 0 Å². The Morgan fingerprint density at radius 1 is 1.38 bits per heavy atom. The van der Waals surface area contributed by atoms with Gasteiger partial charge in [0, 0.05) is 5.56 Å². The lowest BCUT2D eigenvalue weighted by molar-refractivity contribution is -0.153. The van der Waals surface area contributed by atoms with E-state index in [9.17, 15) is 9.90 Å². The molecule has 0 saturated carbocycles. The van der Waals surface area contributed by atoms with E-state index < -0.39 is 11.6 Å². The molecule has 2 N–H and O–H groups in total. The highest BCUT2D eigenvalue weighted by Gasteiger charge is 2.38. The highest BCUT2D eigenvalue weighted by atomic mass is 16.4. The number of aliphatic carboxylic acids is 1. The Kier molecular flexibility index (Phi) is 2.31. The van der Waals surface area contributed by atoms with E-state index in [4.69, 9.17) is 10.4 Å². The molecular weight excluding hydrogens is 170 g/mol. The van der Waals surface area contributed by atoms with Crippen LogP contribution in [0.4, 0.5) is 0 Å². The van der Waals surface area contributed by atoms with Crippen molar-refractivity contribution in [3.63, 3.8) is 0 Å². The van der Waals surface area contributed by atoms with Crippen molar-refractivity contribution in [1.29, 1.82) is 5.26 Å². The van der Waals surface area contributed by atoms with Gasteiger partial charge < -0.3 is 10.2 Å². The first-order chi connectivity index (χ1) is 6.11. The molecule has 0 aliphatic carbocycles. The van der Waals surface area contributed by atoms with Crippen molar-refractivity contribution >= 4 is 5.97 Å². The Bertz CT molecular complexity index is 355. The second-order valence-corrected chi connectivity index (χ2v) is 2.49. The summed E-state index contributed by atoms with van der Waals surface area (Å²) in [5.41, 5.74) is -2.38. The van der Waals surface area contributed by atoms with Crippen LogP contribution in [0.2, 0.25) is 0 Å². The molecule has 0 bridgehead atoms. The number of nitriles is 1. The van der Waals surface area contributed by atoms with E-state index in [2.05, 4.69) is 0 Å². The number of carboxylic acids is 1.